The number of rotatable bonds is 6. The molecule has 152 valence electrons. The molecule has 1 atom stereocenters. The molecule has 4 rings (SSSR count). The zero-order valence-corrected chi connectivity index (χ0v) is 16.7. The standard InChI is InChI=1S/C22H25FN4O2/c1-16(21-24-25-22(29-21)17-7-9-19(28-2)10-8-17)27-13-11-26(12-14-27)15-18-5-3-4-6-20(18)23/h3-10,16H,11-15H2,1-2H3. The molecule has 0 saturated carbocycles. The van der Waals surface area contributed by atoms with Crippen LogP contribution in [0.4, 0.5) is 4.39 Å². The number of benzene rings is 2. The van der Waals surface area contributed by atoms with Gasteiger partial charge in [0.15, 0.2) is 0 Å². The molecule has 1 aliphatic heterocycles. The van der Waals surface area contributed by atoms with E-state index < -0.39 is 0 Å². The van der Waals surface area contributed by atoms with Crippen molar-refractivity contribution in [2.45, 2.75) is 19.5 Å². The molecule has 1 aromatic heterocycles. The number of aromatic nitrogens is 2. The second-order valence-electron chi connectivity index (χ2n) is 7.25. The smallest absolute Gasteiger partial charge is 0.247 e. The molecule has 0 aliphatic carbocycles. The van der Waals surface area contributed by atoms with E-state index in [1.54, 1.807) is 13.2 Å². The fourth-order valence-corrected chi connectivity index (χ4v) is 3.59. The summed E-state index contributed by atoms with van der Waals surface area (Å²) in [5, 5.41) is 8.46. The molecule has 0 amide bonds. The predicted octanol–water partition coefficient (Wildman–Crippen LogP) is 3.76. The molecule has 0 bridgehead atoms. The van der Waals surface area contributed by atoms with Crippen molar-refractivity contribution >= 4 is 0 Å². The highest BCUT2D eigenvalue weighted by molar-refractivity contribution is 5.53. The molecule has 7 heteroatoms. The summed E-state index contributed by atoms with van der Waals surface area (Å²) in [6, 6.07) is 14.6. The van der Waals surface area contributed by atoms with Gasteiger partial charge in [0.2, 0.25) is 11.8 Å². The fourth-order valence-electron chi connectivity index (χ4n) is 3.59. The van der Waals surface area contributed by atoms with Gasteiger partial charge in [-0.2, -0.15) is 0 Å². The van der Waals surface area contributed by atoms with Crippen molar-refractivity contribution in [2.24, 2.45) is 0 Å². The zero-order valence-electron chi connectivity index (χ0n) is 16.7. The highest BCUT2D eigenvalue weighted by Crippen LogP contribution is 2.26. The number of halogens is 1. The number of hydrogen-bond donors (Lipinski definition) is 0. The lowest BCUT2D eigenvalue weighted by molar-refractivity contribution is 0.0870. The van der Waals surface area contributed by atoms with Crippen molar-refractivity contribution < 1.29 is 13.5 Å². The van der Waals surface area contributed by atoms with Gasteiger partial charge in [0, 0.05) is 43.9 Å². The van der Waals surface area contributed by atoms with E-state index in [0.29, 0.717) is 18.3 Å². The Bertz CT molecular complexity index is 936. The lowest BCUT2D eigenvalue weighted by atomic mass is 10.1. The van der Waals surface area contributed by atoms with Gasteiger partial charge in [-0.25, -0.2) is 4.39 Å². The van der Waals surface area contributed by atoms with E-state index in [0.717, 1.165) is 43.1 Å². The van der Waals surface area contributed by atoms with E-state index in [1.807, 2.05) is 36.4 Å². The molecule has 0 N–H and O–H groups in total. The van der Waals surface area contributed by atoms with Crippen LogP contribution in [0.1, 0.15) is 24.4 Å². The number of piperazine rings is 1. The highest BCUT2D eigenvalue weighted by Gasteiger charge is 2.26. The van der Waals surface area contributed by atoms with Crippen LogP contribution in [-0.2, 0) is 6.54 Å². The first-order chi connectivity index (χ1) is 14.1. The maximum Gasteiger partial charge on any atom is 0.247 e. The van der Waals surface area contributed by atoms with Crippen LogP contribution in [0, 0.1) is 5.82 Å². The SMILES string of the molecule is COc1ccc(-c2nnc(C(C)N3CCN(Cc4ccccc4F)CC3)o2)cc1. The van der Waals surface area contributed by atoms with Crippen molar-refractivity contribution in [1.29, 1.82) is 0 Å². The van der Waals surface area contributed by atoms with Gasteiger partial charge >= 0.3 is 0 Å². The zero-order chi connectivity index (χ0) is 20.2. The quantitative estimate of drug-likeness (QED) is 0.632. The first-order valence-corrected chi connectivity index (χ1v) is 9.81. The molecule has 6 nitrogen and oxygen atoms in total. The summed E-state index contributed by atoms with van der Waals surface area (Å²) >= 11 is 0. The third kappa shape index (κ3) is 4.46. The molecular weight excluding hydrogens is 371 g/mol. The topological polar surface area (TPSA) is 54.6 Å². The van der Waals surface area contributed by atoms with Crippen molar-refractivity contribution in [3.8, 4) is 17.2 Å². The number of hydrogen-bond acceptors (Lipinski definition) is 6. The molecule has 1 fully saturated rings. The maximum atomic E-state index is 13.9. The molecule has 1 unspecified atom stereocenters. The number of ether oxygens (including phenoxy) is 1. The Kier molecular flexibility index (Phi) is 5.87. The van der Waals surface area contributed by atoms with Crippen LogP contribution in [0.3, 0.4) is 0 Å². The van der Waals surface area contributed by atoms with Gasteiger partial charge in [0.05, 0.1) is 13.2 Å². The third-order valence-corrected chi connectivity index (χ3v) is 5.44. The summed E-state index contributed by atoms with van der Waals surface area (Å²) in [7, 11) is 1.64. The van der Waals surface area contributed by atoms with E-state index in [-0.39, 0.29) is 11.9 Å². The van der Waals surface area contributed by atoms with Gasteiger partial charge in [-0.1, -0.05) is 18.2 Å². The molecule has 3 aromatic rings. The van der Waals surface area contributed by atoms with Crippen LogP contribution in [-0.4, -0.2) is 53.3 Å². The van der Waals surface area contributed by atoms with Crippen LogP contribution < -0.4 is 4.74 Å². The van der Waals surface area contributed by atoms with E-state index in [4.69, 9.17) is 9.15 Å². The first-order valence-electron chi connectivity index (χ1n) is 9.81. The molecular formula is C22H25FN4O2. The second kappa shape index (κ2) is 8.71. The normalized spacial score (nSPS) is 16.7. The monoisotopic (exact) mass is 396 g/mol. The Hall–Kier alpha value is -2.77. The van der Waals surface area contributed by atoms with Gasteiger partial charge in [0.1, 0.15) is 11.6 Å². The minimum absolute atomic E-state index is 0.0325. The average Bonchev–Trinajstić information content (AvgIpc) is 3.26. The molecule has 0 radical (unpaired) electrons. The Labute approximate surface area is 169 Å². The van der Waals surface area contributed by atoms with E-state index >= 15 is 0 Å². The van der Waals surface area contributed by atoms with E-state index in [1.165, 1.54) is 6.07 Å². The first kappa shape index (κ1) is 19.5. The second-order valence-corrected chi connectivity index (χ2v) is 7.25. The highest BCUT2D eigenvalue weighted by atomic mass is 19.1. The van der Waals surface area contributed by atoms with Gasteiger partial charge < -0.3 is 9.15 Å². The molecule has 0 spiro atoms. The van der Waals surface area contributed by atoms with Crippen LogP contribution in [0.25, 0.3) is 11.5 Å². The average molecular weight is 396 g/mol. The summed E-state index contributed by atoms with van der Waals surface area (Å²) in [6.45, 7) is 6.21. The van der Waals surface area contributed by atoms with Gasteiger partial charge in [-0.05, 0) is 37.3 Å². The molecule has 1 saturated heterocycles. The fraction of sp³-hybridized carbons (Fsp3) is 0.364. The summed E-state index contributed by atoms with van der Waals surface area (Å²) in [5.41, 5.74) is 1.61. The summed E-state index contributed by atoms with van der Waals surface area (Å²) < 4.78 is 25.0. The van der Waals surface area contributed by atoms with E-state index in [9.17, 15) is 4.39 Å². The third-order valence-electron chi connectivity index (χ3n) is 5.44. The molecule has 2 heterocycles. The lowest BCUT2D eigenvalue weighted by Gasteiger charge is -2.36. The minimum Gasteiger partial charge on any atom is -0.497 e. The van der Waals surface area contributed by atoms with Crippen molar-refractivity contribution in [1.82, 2.24) is 20.0 Å². The van der Waals surface area contributed by atoms with Gasteiger partial charge in [-0.15, -0.1) is 10.2 Å². The Morgan fingerprint density at radius 2 is 1.76 bits per heavy atom. The molecule has 29 heavy (non-hydrogen) atoms. The maximum absolute atomic E-state index is 13.9. The molecule has 2 aromatic carbocycles. The number of nitrogens with zero attached hydrogens (tertiary/aromatic N) is 4. The van der Waals surface area contributed by atoms with Gasteiger partial charge in [-0.3, -0.25) is 9.80 Å². The van der Waals surface area contributed by atoms with Crippen LogP contribution in [0.2, 0.25) is 0 Å². The van der Waals surface area contributed by atoms with Crippen molar-refractivity contribution in [3.05, 3.63) is 65.8 Å². The van der Waals surface area contributed by atoms with Crippen molar-refractivity contribution in [2.75, 3.05) is 33.3 Å². The van der Waals surface area contributed by atoms with Crippen LogP contribution >= 0.6 is 0 Å². The Balaban J connectivity index is 1.35. The van der Waals surface area contributed by atoms with Crippen LogP contribution in [0.5, 0.6) is 5.75 Å². The number of methoxy groups -OCH3 is 1. The molecule has 1 aliphatic rings. The summed E-state index contributed by atoms with van der Waals surface area (Å²) in [6.07, 6.45) is 0. The van der Waals surface area contributed by atoms with Gasteiger partial charge in [0.25, 0.3) is 0 Å². The van der Waals surface area contributed by atoms with E-state index in [2.05, 4.69) is 26.9 Å². The Morgan fingerprint density at radius 3 is 2.45 bits per heavy atom. The summed E-state index contributed by atoms with van der Waals surface area (Å²) in [5.74, 6) is 1.77. The predicted molar refractivity (Wildman–Crippen MR) is 108 cm³/mol. The lowest BCUT2D eigenvalue weighted by Crippen LogP contribution is -2.46. The summed E-state index contributed by atoms with van der Waals surface area (Å²) in [4.78, 5) is 4.60. The largest absolute Gasteiger partial charge is 0.497 e. The Morgan fingerprint density at radius 1 is 1.03 bits per heavy atom. The van der Waals surface area contributed by atoms with Crippen LogP contribution in [0.15, 0.2) is 52.9 Å². The van der Waals surface area contributed by atoms with Crippen molar-refractivity contribution in [3.63, 3.8) is 0 Å². The minimum atomic E-state index is -0.139.